The predicted octanol–water partition coefficient (Wildman–Crippen LogP) is 9.25. The third kappa shape index (κ3) is 7.57. The van der Waals surface area contributed by atoms with Crippen molar-refractivity contribution in [2.75, 3.05) is 73.0 Å². The van der Waals surface area contributed by atoms with E-state index in [4.69, 9.17) is 10.5 Å². The van der Waals surface area contributed by atoms with Gasteiger partial charge < -0.3 is 35.8 Å². The SMILES string of the molecule is CN1/C(=C/C=C2\CCC/C(=C\C=C3\N(C)c4ccccc4C3(C)C)C2=[N+]2CCN(C(=O)CCC(=O)OCC3(C)Nc4cccc5c(N)ccc(c45)N3)CC2)C(C)(C)c2ccccc21. The fourth-order valence-electron chi connectivity index (χ4n) is 10.8. The highest BCUT2D eigenvalue weighted by atomic mass is 16.5. The van der Waals surface area contributed by atoms with E-state index in [2.05, 4.69) is 140 Å². The summed E-state index contributed by atoms with van der Waals surface area (Å²) in [6.07, 6.45) is 12.6. The summed E-state index contributed by atoms with van der Waals surface area (Å²) < 4.78 is 8.27. The molecule has 1 saturated carbocycles. The van der Waals surface area contributed by atoms with Crippen LogP contribution in [0.1, 0.15) is 77.8 Å². The van der Waals surface area contributed by atoms with Crippen LogP contribution < -0.4 is 26.2 Å². The van der Waals surface area contributed by atoms with Crippen molar-refractivity contribution in [3.8, 4) is 0 Å². The quantitative estimate of drug-likeness (QED) is 0.0962. The van der Waals surface area contributed by atoms with E-state index >= 15 is 0 Å². The summed E-state index contributed by atoms with van der Waals surface area (Å²) in [5.41, 5.74) is 19.6. The smallest absolute Gasteiger partial charge is 0.306 e. The minimum absolute atomic E-state index is 0.0169. The molecule has 1 atom stereocenters. The highest BCUT2D eigenvalue weighted by Gasteiger charge is 2.40. The number of amides is 1. The molecule has 4 aromatic rings. The molecule has 1 unspecified atom stereocenters. The maximum atomic E-state index is 13.6. The van der Waals surface area contributed by atoms with Crippen LogP contribution in [0.5, 0.6) is 0 Å². The number of likely N-dealkylation sites (N-methyl/N-ethyl adjacent to an activating group) is 2. The highest BCUT2D eigenvalue weighted by Crippen LogP contribution is 2.48. The number of nitrogens with one attached hydrogen (secondary N) is 2. The number of carbonyl (C=O) groups is 2. The third-order valence-corrected chi connectivity index (χ3v) is 14.2. The average Bonchev–Trinajstić information content (AvgIpc) is 3.60. The topological polar surface area (TPSA) is 106 Å². The first-order chi connectivity index (χ1) is 30.2. The molecule has 4 aromatic carbocycles. The minimum atomic E-state index is -0.722. The fraction of sp³-hybridized carbons (Fsp3) is 0.377. The van der Waals surface area contributed by atoms with Crippen LogP contribution in [0.4, 0.5) is 28.4 Å². The number of para-hydroxylation sites is 2. The highest BCUT2D eigenvalue weighted by molar-refractivity contribution is 6.11. The molecule has 4 heterocycles. The second kappa shape index (κ2) is 16.1. The Morgan fingerprint density at radius 2 is 1.27 bits per heavy atom. The number of carbonyl (C=O) groups excluding carboxylic acids is 2. The van der Waals surface area contributed by atoms with Gasteiger partial charge in [0.1, 0.15) is 12.3 Å². The van der Waals surface area contributed by atoms with Crippen molar-refractivity contribution in [3.63, 3.8) is 0 Å². The second-order valence-electron chi connectivity index (χ2n) is 19.1. The lowest BCUT2D eigenvalue weighted by Gasteiger charge is -2.38. The Morgan fingerprint density at radius 1 is 0.714 bits per heavy atom. The number of esters is 1. The summed E-state index contributed by atoms with van der Waals surface area (Å²) in [5, 5.41) is 8.97. The number of ether oxygens (including phenoxy) is 1. The van der Waals surface area contributed by atoms with Gasteiger partial charge in [-0.1, -0.05) is 88.4 Å². The Hall–Kier alpha value is -6.29. The van der Waals surface area contributed by atoms with Crippen LogP contribution in [0.3, 0.4) is 0 Å². The molecule has 4 N–H and O–H groups in total. The molecular weight excluding hydrogens is 783 g/mol. The zero-order valence-electron chi connectivity index (χ0n) is 38.0. The van der Waals surface area contributed by atoms with Crippen LogP contribution >= 0.6 is 0 Å². The normalized spacial score (nSPS) is 23.6. The number of benzene rings is 4. The van der Waals surface area contributed by atoms with Crippen molar-refractivity contribution in [1.82, 2.24) is 4.90 Å². The summed E-state index contributed by atoms with van der Waals surface area (Å²) in [6, 6.07) is 27.3. The van der Waals surface area contributed by atoms with Crippen LogP contribution in [0.25, 0.3) is 10.8 Å². The molecule has 0 bridgehead atoms. The number of fused-ring (bicyclic) bond motifs is 2. The minimum Gasteiger partial charge on any atom is -0.461 e. The van der Waals surface area contributed by atoms with Crippen LogP contribution in [-0.4, -0.2) is 79.6 Å². The molecule has 10 nitrogen and oxygen atoms in total. The standard InChI is InChI=1S/C53H62N7O3/c1-51(2)38-17-8-10-20-43(38)57(6)45(51)26-22-35-14-12-15-36(23-27-46-52(3,4)39-18-9-11-21-44(39)58(46)7)50(35)60-32-30-59(31-33-60)47(61)28-29-48(62)63-34-53(5)55-41-19-13-16-37-40(54)24-25-42(56-53)49(37)41/h8-11,13,16-27,55-56H,12,14-15,28-34,54H2,1-7H3/q+1. The van der Waals surface area contributed by atoms with Crippen molar-refractivity contribution >= 4 is 56.8 Å². The summed E-state index contributed by atoms with van der Waals surface area (Å²) in [4.78, 5) is 33.3. The Morgan fingerprint density at radius 3 is 1.84 bits per heavy atom. The number of piperazine rings is 1. The first kappa shape index (κ1) is 42.0. The number of nitrogen functional groups attached to an aromatic ring is 1. The van der Waals surface area contributed by atoms with Crippen molar-refractivity contribution in [2.45, 2.75) is 83.2 Å². The number of hydrogen-bond donors (Lipinski definition) is 3. The van der Waals surface area contributed by atoms with Gasteiger partial charge >= 0.3 is 5.97 Å². The molecule has 5 aliphatic rings. The van der Waals surface area contributed by atoms with Gasteiger partial charge in [-0.05, 0) is 79.8 Å². The molecule has 63 heavy (non-hydrogen) atoms. The molecule has 1 saturated heterocycles. The van der Waals surface area contributed by atoms with Gasteiger partial charge in [0.15, 0.2) is 13.1 Å². The lowest BCUT2D eigenvalue weighted by molar-refractivity contribution is -0.537. The van der Waals surface area contributed by atoms with E-state index in [1.54, 1.807) is 0 Å². The first-order valence-corrected chi connectivity index (χ1v) is 22.6. The molecule has 1 aliphatic carbocycles. The van der Waals surface area contributed by atoms with E-state index < -0.39 is 11.6 Å². The maximum absolute atomic E-state index is 13.6. The average molecular weight is 845 g/mol. The molecule has 326 valence electrons. The number of nitrogens with two attached hydrogens (primary N) is 1. The zero-order valence-corrected chi connectivity index (χ0v) is 38.0. The Bertz CT molecular complexity index is 2560. The summed E-state index contributed by atoms with van der Waals surface area (Å²) >= 11 is 0. The summed E-state index contributed by atoms with van der Waals surface area (Å²) in [7, 11) is 4.35. The summed E-state index contributed by atoms with van der Waals surface area (Å²) in [6.45, 7) is 14.0. The summed E-state index contributed by atoms with van der Waals surface area (Å²) in [5.74, 6) is -0.409. The monoisotopic (exact) mass is 844 g/mol. The number of rotatable bonds is 7. The second-order valence-corrected chi connectivity index (χ2v) is 19.1. The van der Waals surface area contributed by atoms with E-state index in [-0.39, 0.29) is 36.2 Å². The van der Waals surface area contributed by atoms with E-state index in [0.717, 1.165) is 54.5 Å². The van der Waals surface area contributed by atoms with E-state index in [1.165, 1.54) is 50.8 Å². The molecule has 0 aromatic heterocycles. The predicted molar refractivity (Wildman–Crippen MR) is 258 cm³/mol. The number of anilines is 5. The number of nitrogens with zero attached hydrogens (tertiary/aromatic N) is 4. The van der Waals surface area contributed by atoms with Gasteiger partial charge in [0.2, 0.25) is 11.6 Å². The molecule has 9 rings (SSSR count). The van der Waals surface area contributed by atoms with Gasteiger partial charge in [-0.25, -0.2) is 4.58 Å². The molecule has 0 radical (unpaired) electrons. The van der Waals surface area contributed by atoms with Crippen LogP contribution in [0, 0.1) is 0 Å². The van der Waals surface area contributed by atoms with Gasteiger partial charge in [-0.3, -0.25) is 9.59 Å². The van der Waals surface area contributed by atoms with Gasteiger partial charge in [-0.2, -0.15) is 0 Å². The van der Waals surface area contributed by atoms with Gasteiger partial charge in [-0.15, -0.1) is 0 Å². The molecule has 2 fully saturated rings. The van der Waals surface area contributed by atoms with E-state index in [9.17, 15) is 9.59 Å². The molecule has 1 amide bonds. The first-order valence-electron chi connectivity index (χ1n) is 22.6. The Kier molecular flexibility index (Phi) is 10.8. The van der Waals surface area contributed by atoms with Crippen LogP contribution in [0.2, 0.25) is 0 Å². The number of allylic oxidation sites excluding steroid dienone is 8. The molecule has 10 heteroatoms. The fourth-order valence-corrected chi connectivity index (χ4v) is 10.8. The van der Waals surface area contributed by atoms with E-state index in [0.29, 0.717) is 18.8 Å². The maximum Gasteiger partial charge on any atom is 0.306 e. The van der Waals surface area contributed by atoms with Crippen molar-refractivity contribution in [3.05, 3.63) is 137 Å². The van der Waals surface area contributed by atoms with Gasteiger partial charge in [0.05, 0.1) is 19.5 Å². The third-order valence-electron chi connectivity index (χ3n) is 14.2. The van der Waals surface area contributed by atoms with Crippen LogP contribution in [0.15, 0.2) is 126 Å². The van der Waals surface area contributed by atoms with Crippen molar-refractivity contribution in [2.24, 2.45) is 0 Å². The Balaban J connectivity index is 0.910. The zero-order chi connectivity index (χ0) is 44.3. The van der Waals surface area contributed by atoms with Crippen LogP contribution in [-0.2, 0) is 25.2 Å². The van der Waals surface area contributed by atoms with Crippen molar-refractivity contribution in [1.29, 1.82) is 0 Å². The van der Waals surface area contributed by atoms with Gasteiger partial charge in [0, 0.05) is 93.1 Å². The van der Waals surface area contributed by atoms with Crippen molar-refractivity contribution < 1.29 is 18.9 Å². The molecule has 4 aliphatic heterocycles. The Labute approximate surface area is 372 Å². The molecule has 0 spiro atoms. The lowest BCUT2D eigenvalue weighted by Crippen LogP contribution is -2.49. The van der Waals surface area contributed by atoms with Gasteiger partial charge in [0.25, 0.3) is 0 Å². The van der Waals surface area contributed by atoms with E-state index in [1.807, 2.05) is 42.2 Å². The largest absolute Gasteiger partial charge is 0.461 e. The number of hydrogen-bond acceptors (Lipinski definition) is 8. The molecular formula is C53H62N7O3+. The lowest BCUT2D eigenvalue weighted by atomic mass is 9.82.